The molecule has 19 heavy (non-hydrogen) atoms. The number of nitrogens with zero attached hydrogens (tertiary/aromatic N) is 1. The van der Waals surface area contributed by atoms with Gasteiger partial charge in [0.15, 0.2) is 11.6 Å². The van der Waals surface area contributed by atoms with E-state index in [1.807, 2.05) is 6.92 Å². The Bertz CT molecular complexity index is 421. The van der Waals surface area contributed by atoms with Crippen LogP contribution in [0, 0.1) is 11.6 Å². The zero-order chi connectivity index (χ0) is 14.3. The maximum absolute atomic E-state index is 13.0. The highest BCUT2D eigenvalue weighted by Crippen LogP contribution is 2.12. The zero-order valence-corrected chi connectivity index (χ0v) is 10.8. The number of hydrogen-bond acceptors (Lipinski definition) is 3. The third kappa shape index (κ3) is 5.32. The van der Waals surface area contributed by atoms with Crippen LogP contribution in [-0.2, 0) is 4.79 Å². The summed E-state index contributed by atoms with van der Waals surface area (Å²) in [4.78, 5) is 13.5. The van der Waals surface area contributed by atoms with E-state index in [1.54, 1.807) is 4.90 Å². The summed E-state index contributed by atoms with van der Waals surface area (Å²) in [6, 6.07) is 3.19. The predicted molar refractivity (Wildman–Crippen MR) is 68.8 cm³/mol. The normalized spacial score (nSPS) is 10.8. The Labute approximate surface area is 111 Å². The average molecular weight is 272 g/mol. The summed E-state index contributed by atoms with van der Waals surface area (Å²) in [6.07, 6.45) is 0.860. The van der Waals surface area contributed by atoms with E-state index in [4.69, 9.17) is 5.11 Å². The lowest BCUT2D eigenvalue weighted by molar-refractivity contribution is -0.117. The smallest absolute Gasteiger partial charge is 0.238 e. The van der Waals surface area contributed by atoms with Crippen molar-refractivity contribution in [3.8, 4) is 0 Å². The monoisotopic (exact) mass is 272 g/mol. The summed E-state index contributed by atoms with van der Waals surface area (Å²) >= 11 is 0. The van der Waals surface area contributed by atoms with Crippen molar-refractivity contribution in [1.82, 2.24) is 4.90 Å². The minimum absolute atomic E-state index is 0.0293. The number of amides is 1. The van der Waals surface area contributed by atoms with Crippen LogP contribution in [-0.4, -0.2) is 42.2 Å². The van der Waals surface area contributed by atoms with Gasteiger partial charge in [-0.2, -0.15) is 0 Å². The molecule has 106 valence electrons. The number of aliphatic hydroxyl groups excluding tert-OH is 1. The van der Waals surface area contributed by atoms with Crippen molar-refractivity contribution in [1.29, 1.82) is 0 Å². The Balaban J connectivity index is 2.55. The van der Waals surface area contributed by atoms with Crippen molar-refractivity contribution in [2.75, 3.05) is 31.6 Å². The van der Waals surface area contributed by atoms with Gasteiger partial charge in [-0.1, -0.05) is 6.92 Å². The van der Waals surface area contributed by atoms with Gasteiger partial charge in [-0.3, -0.25) is 9.69 Å². The van der Waals surface area contributed by atoms with Crippen LogP contribution in [0.5, 0.6) is 0 Å². The fourth-order valence-corrected chi connectivity index (χ4v) is 1.71. The molecule has 0 saturated carbocycles. The molecule has 0 unspecified atom stereocenters. The van der Waals surface area contributed by atoms with Gasteiger partial charge < -0.3 is 10.4 Å². The average Bonchev–Trinajstić information content (AvgIpc) is 2.34. The molecule has 0 aromatic heterocycles. The van der Waals surface area contributed by atoms with Gasteiger partial charge in [0.05, 0.1) is 13.2 Å². The third-order valence-corrected chi connectivity index (χ3v) is 2.53. The van der Waals surface area contributed by atoms with Gasteiger partial charge in [-0.15, -0.1) is 0 Å². The molecule has 0 aliphatic carbocycles. The molecule has 1 rings (SSSR count). The molecule has 6 heteroatoms. The largest absolute Gasteiger partial charge is 0.395 e. The minimum atomic E-state index is -1.00. The Morgan fingerprint density at radius 3 is 2.63 bits per heavy atom. The SMILES string of the molecule is CCCN(CCO)CC(=O)Nc1ccc(F)c(F)c1. The number of halogens is 2. The summed E-state index contributed by atoms with van der Waals surface area (Å²) < 4.78 is 25.7. The minimum Gasteiger partial charge on any atom is -0.395 e. The summed E-state index contributed by atoms with van der Waals surface area (Å²) in [5.41, 5.74) is 0.212. The van der Waals surface area contributed by atoms with Gasteiger partial charge in [0, 0.05) is 18.3 Å². The molecule has 4 nitrogen and oxygen atoms in total. The first-order valence-electron chi connectivity index (χ1n) is 6.15. The van der Waals surface area contributed by atoms with Crippen molar-refractivity contribution < 1.29 is 18.7 Å². The van der Waals surface area contributed by atoms with Crippen LogP contribution in [0.25, 0.3) is 0 Å². The summed E-state index contributed by atoms with van der Waals surface area (Å²) in [7, 11) is 0. The molecule has 0 radical (unpaired) electrons. The molecule has 2 N–H and O–H groups in total. The molecule has 0 heterocycles. The number of benzene rings is 1. The standard InChI is InChI=1S/C13H18F2N2O2/c1-2-5-17(6-7-18)9-13(19)16-10-3-4-11(14)12(15)8-10/h3-4,8,18H,2,5-7,9H2,1H3,(H,16,19). The van der Waals surface area contributed by atoms with E-state index in [1.165, 1.54) is 6.07 Å². The van der Waals surface area contributed by atoms with E-state index in [2.05, 4.69) is 5.32 Å². The van der Waals surface area contributed by atoms with E-state index in [-0.39, 0.29) is 24.7 Å². The fourth-order valence-electron chi connectivity index (χ4n) is 1.71. The second-order valence-corrected chi connectivity index (χ2v) is 4.18. The topological polar surface area (TPSA) is 52.6 Å². The molecule has 0 aliphatic rings. The molecular weight excluding hydrogens is 254 g/mol. The third-order valence-electron chi connectivity index (χ3n) is 2.53. The van der Waals surface area contributed by atoms with Crippen LogP contribution in [0.4, 0.5) is 14.5 Å². The molecular formula is C13H18F2N2O2. The first-order chi connectivity index (χ1) is 9.06. The summed E-state index contributed by atoms with van der Waals surface area (Å²) in [5.74, 6) is -2.28. The molecule has 0 spiro atoms. The van der Waals surface area contributed by atoms with Crippen molar-refractivity contribution in [2.45, 2.75) is 13.3 Å². The summed E-state index contributed by atoms with van der Waals surface area (Å²) in [5, 5.41) is 11.4. The van der Waals surface area contributed by atoms with Gasteiger partial charge in [0.1, 0.15) is 0 Å². The van der Waals surface area contributed by atoms with Crippen molar-refractivity contribution in [2.24, 2.45) is 0 Å². The van der Waals surface area contributed by atoms with Crippen LogP contribution in [0.15, 0.2) is 18.2 Å². The lowest BCUT2D eigenvalue weighted by atomic mass is 10.3. The Kier molecular flexibility index (Phi) is 6.38. The van der Waals surface area contributed by atoms with E-state index in [9.17, 15) is 13.6 Å². The lowest BCUT2D eigenvalue weighted by Crippen LogP contribution is -2.35. The number of aliphatic hydroxyl groups is 1. The number of carbonyl (C=O) groups excluding carboxylic acids is 1. The number of rotatable bonds is 7. The highest BCUT2D eigenvalue weighted by Gasteiger charge is 2.10. The number of anilines is 1. The molecule has 0 fully saturated rings. The van der Waals surface area contributed by atoms with Crippen molar-refractivity contribution in [3.05, 3.63) is 29.8 Å². The van der Waals surface area contributed by atoms with Gasteiger partial charge >= 0.3 is 0 Å². The van der Waals surface area contributed by atoms with E-state index in [0.29, 0.717) is 13.1 Å². The van der Waals surface area contributed by atoms with Gasteiger partial charge in [-0.25, -0.2) is 8.78 Å². The first kappa shape index (κ1) is 15.5. The van der Waals surface area contributed by atoms with E-state index >= 15 is 0 Å². The maximum Gasteiger partial charge on any atom is 0.238 e. The van der Waals surface area contributed by atoms with Crippen molar-refractivity contribution >= 4 is 11.6 Å². The van der Waals surface area contributed by atoms with Crippen LogP contribution in [0.2, 0.25) is 0 Å². The van der Waals surface area contributed by atoms with Crippen LogP contribution >= 0.6 is 0 Å². The fraction of sp³-hybridized carbons (Fsp3) is 0.462. The van der Waals surface area contributed by atoms with Gasteiger partial charge in [0.25, 0.3) is 0 Å². The second kappa shape index (κ2) is 7.81. The molecule has 0 aliphatic heterocycles. The van der Waals surface area contributed by atoms with Crippen LogP contribution in [0.1, 0.15) is 13.3 Å². The predicted octanol–water partition coefficient (Wildman–Crippen LogP) is 1.61. The van der Waals surface area contributed by atoms with Crippen LogP contribution in [0.3, 0.4) is 0 Å². The second-order valence-electron chi connectivity index (χ2n) is 4.18. The molecule has 1 amide bonds. The highest BCUT2D eigenvalue weighted by molar-refractivity contribution is 5.92. The molecule has 1 aromatic rings. The van der Waals surface area contributed by atoms with Gasteiger partial charge in [0.2, 0.25) is 5.91 Å². The quantitative estimate of drug-likeness (QED) is 0.793. The maximum atomic E-state index is 13.0. The zero-order valence-electron chi connectivity index (χ0n) is 10.8. The Morgan fingerprint density at radius 1 is 1.32 bits per heavy atom. The van der Waals surface area contributed by atoms with E-state index in [0.717, 1.165) is 18.6 Å². The summed E-state index contributed by atoms with van der Waals surface area (Å²) in [6.45, 7) is 3.13. The van der Waals surface area contributed by atoms with E-state index < -0.39 is 11.6 Å². The molecule has 1 aromatic carbocycles. The number of carbonyl (C=O) groups is 1. The van der Waals surface area contributed by atoms with Crippen LogP contribution < -0.4 is 5.32 Å². The first-order valence-corrected chi connectivity index (χ1v) is 6.15. The van der Waals surface area contributed by atoms with Gasteiger partial charge in [-0.05, 0) is 25.1 Å². The highest BCUT2D eigenvalue weighted by atomic mass is 19.2. The number of hydrogen-bond donors (Lipinski definition) is 2. The Morgan fingerprint density at radius 2 is 2.05 bits per heavy atom. The molecule has 0 atom stereocenters. The molecule has 0 saturated heterocycles. The molecule has 0 bridgehead atoms. The lowest BCUT2D eigenvalue weighted by Gasteiger charge is -2.19. The van der Waals surface area contributed by atoms with Crippen molar-refractivity contribution in [3.63, 3.8) is 0 Å². The number of nitrogens with one attached hydrogen (secondary N) is 1. The Hall–Kier alpha value is -1.53.